The van der Waals surface area contributed by atoms with Crippen LogP contribution in [0.2, 0.25) is 0 Å². The van der Waals surface area contributed by atoms with Gasteiger partial charge >= 0.3 is 0 Å². The van der Waals surface area contributed by atoms with E-state index in [0.717, 1.165) is 0 Å². The van der Waals surface area contributed by atoms with E-state index in [-0.39, 0.29) is 71.5 Å². The highest BCUT2D eigenvalue weighted by Gasteiger charge is 2.26. The molecule has 2 N–H and O–H groups in total. The van der Waals surface area contributed by atoms with Crippen LogP contribution in [-0.4, -0.2) is 47.0 Å². The summed E-state index contributed by atoms with van der Waals surface area (Å²) in [6.45, 7) is 16.9. The molecule has 0 saturated carbocycles. The SMILES string of the molecule is CC(=O)NC(CC(=O)C(C)C)C(=O)C(C)C.CC(=O)NC(CC(=O)C(C)C)C(=O)C(C)C. The molecule has 32 heavy (non-hydrogen) atoms. The van der Waals surface area contributed by atoms with Crippen LogP contribution >= 0.6 is 0 Å². The first-order valence-corrected chi connectivity index (χ1v) is 11.2. The first kappa shape index (κ1) is 31.8. The number of ketones is 4. The van der Waals surface area contributed by atoms with Crippen LogP contribution in [-0.2, 0) is 28.8 Å². The lowest BCUT2D eigenvalue weighted by molar-refractivity contribution is -0.132. The Morgan fingerprint density at radius 1 is 0.500 bits per heavy atom. The molecule has 0 aliphatic carbocycles. The van der Waals surface area contributed by atoms with Gasteiger partial charge in [-0.25, -0.2) is 0 Å². The third kappa shape index (κ3) is 13.8. The average molecular weight is 455 g/mol. The topological polar surface area (TPSA) is 126 Å². The van der Waals surface area contributed by atoms with Gasteiger partial charge in [-0.3, -0.25) is 28.8 Å². The fourth-order valence-corrected chi connectivity index (χ4v) is 2.61. The Hall–Kier alpha value is -2.38. The van der Waals surface area contributed by atoms with Crippen LogP contribution in [0.5, 0.6) is 0 Å². The molecule has 0 aromatic heterocycles. The molecule has 0 aromatic carbocycles. The van der Waals surface area contributed by atoms with E-state index in [2.05, 4.69) is 10.6 Å². The number of hydrogen-bond donors (Lipinski definition) is 2. The molecule has 0 aromatic rings. The molecular weight excluding hydrogens is 412 g/mol. The van der Waals surface area contributed by atoms with Crippen molar-refractivity contribution >= 4 is 34.9 Å². The van der Waals surface area contributed by atoms with E-state index in [4.69, 9.17) is 0 Å². The smallest absolute Gasteiger partial charge is 0.217 e. The molecule has 0 aliphatic heterocycles. The van der Waals surface area contributed by atoms with E-state index < -0.39 is 12.1 Å². The number of nitrogens with one attached hydrogen (secondary N) is 2. The maximum atomic E-state index is 11.8. The number of rotatable bonds is 12. The van der Waals surface area contributed by atoms with Crippen molar-refractivity contribution in [2.75, 3.05) is 0 Å². The number of hydrogen-bond acceptors (Lipinski definition) is 6. The molecular formula is C24H42N2O6. The highest BCUT2D eigenvalue weighted by Crippen LogP contribution is 2.09. The Labute approximate surface area is 192 Å². The van der Waals surface area contributed by atoms with Crippen LogP contribution in [0, 0.1) is 23.7 Å². The number of carbonyl (C=O) groups is 6. The zero-order valence-corrected chi connectivity index (χ0v) is 21.3. The molecule has 2 amide bonds. The van der Waals surface area contributed by atoms with E-state index in [1.807, 2.05) is 0 Å². The maximum Gasteiger partial charge on any atom is 0.217 e. The summed E-state index contributed by atoms with van der Waals surface area (Å²) in [6.07, 6.45) is 0.183. The standard InChI is InChI=1S/2C12H21NO3/c2*1-7(2)11(15)6-10(13-9(5)14)12(16)8(3)4/h2*7-8,10H,6H2,1-5H3,(H,13,14). The first-order chi connectivity index (χ1) is 14.5. The van der Waals surface area contributed by atoms with Gasteiger partial charge < -0.3 is 10.6 Å². The summed E-state index contributed by atoms with van der Waals surface area (Å²) in [7, 11) is 0. The lowest BCUT2D eigenvalue weighted by atomic mass is 9.94. The summed E-state index contributed by atoms with van der Waals surface area (Å²) >= 11 is 0. The predicted molar refractivity (Wildman–Crippen MR) is 124 cm³/mol. The summed E-state index contributed by atoms with van der Waals surface area (Å²) < 4.78 is 0. The van der Waals surface area contributed by atoms with Crippen LogP contribution in [0.15, 0.2) is 0 Å². The van der Waals surface area contributed by atoms with E-state index in [9.17, 15) is 28.8 Å². The van der Waals surface area contributed by atoms with Crippen molar-refractivity contribution in [3.8, 4) is 0 Å². The summed E-state index contributed by atoms with van der Waals surface area (Å²) in [5, 5.41) is 5.07. The molecule has 0 aliphatic rings. The molecule has 0 saturated heterocycles. The van der Waals surface area contributed by atoms with Crippen LogP contribution in [0.1, 0.15) is 82.1 Å². The minimum absolute atomic E-state index is 0.00671. The Balaban J connectivity index is 0. The van der Waals surface area contributed by atoms with E-state index in [0.29, 0.717) is 0 Å². The highest BCUT2D eigenvalue weighted by molar-refractivity contribution is 5.95. The second-order valence-corrected chi connectivity index (χ2v) is 9.27. The van der Waals surface area contributed by atoms with Gasteiger partial charge in [0.15, 0.2) is 11.6 Å². The van der Waals surface area contributed by atoms with Crippen molar-refractivity contribution in [2.24, 2.45) is 23.7 Å². The first-order valence-electron chi connectivity index (χ1n) is 11.2. The molecule has 184 valence electrons. The second kappa shape index (κ2) is 15.4. The molecule has 0 spiro atoms. The molecule has 2 unspecified atom stereocenters. The Kier molecular flexibility index (Phi) is 15.3. The molecule has 8 nitrogen and oxygen atoms in total. The molecule has 0 heterocycles. The van der Waals surface area contributed by atoms with Crippen molar-refractivity contribution in [2.45, 2.75) is 94.2 Å². The van der Waals surface area contributed by atoms with Crippen LogP contribution in [0.4, 0.5) is 0 Å². The lowest BCUT2D eigenvalue weighted by Crippen LogP contribution is -2.43. The fraction of sp³-hybridized carbons (Fsp3) is 0.750. The minimum Gasteiger partial charge on any atom is -0.346 e. The van der Waals surface area contributed by atoms with Gasteiger partial charge in [-0.15, -0.1) is 0 Å². The van der Waals surface area contributed by atoms with Gasteiger partial charge in [-0.1, -0.05) is 55.4 Å². The van der Waals surface area contributed by atoms with Gasteiger partial charge in [0.05, 0.1) is 12.1 Å². The van der Waals surface area contributed by atoms with E-state index >= 15 is 0 Å². The largest absolute Gasteiger partial charge is 0.346 e. The third-order valence-electron chi connectivity index (χ3n) is 4.68. The predicted octanol–water partition coefficient (Wildman–Crippen LogP) is 2.66. The second-order valence-electron chi connectivity index (χ2n) is 9.27. The maximum absolute atomic E-state index is 11.8. The number of carbonyl (C=O) groups excluding carboxylic acids is 6. The van der Waals surface area contributed by atoms with Gasteiger partial charge in [0.2, 0.25) is 11.8 Å². The summed E-state index contributed by atoms with van der Waals surface area (Å²) in [5.74, 6) is -1.36. The molecule has 0 rings (SSSR count). The summed E-state index contributed by atoms with van der Waals surface area (Å²) in [5.41, 5.74) is 0. The number of Topliss-reactive ketones (excluding diaryl/α,β-unsaturated/α-hetero) is 4. The van der Waals surface area contributed by atoms with E-state index in [1.165, 1.54) is 13.8 Å². The van der Waals surface area contributed by atoms with Gasteiger partial charge in [0.25, 0.3) is 0 Å². The monoisotopic (exact) mass is 454 g/mol. The van der Waals surface area contributed by atoms with Crippen LogP contribution < -0.4 is 10.6 Å². The average Bonchev–Trinajstić information content (AvgIpc) is 2.64. The number of amides is 2. The van der Waals surface area contributed by atoms with Gasteiger partial charge in [-0.2, -0.15) is 0 Å². The Morgan fingerprint density at radius 3 is 0.906 bits per heavy atom. The van der Waals surface area contributed by atoms with Crippen LogP contribution in [0.25, 0.3) is 0 Å². The molecule has 0 radical (unpaired) electrons. The molecule has 0 bridgehead atoms. The van der Waals surface area contributed by atoms with Crippen LogP contribution in [0.3, 0.4) is 0 Å². The zero-order chi connectivity index (χ0) is 25.8. The normalized spacial score (nSPS) is 12.7. The molecule has 8 heteroatoms. The minimum atomic E-state index is -0.674. The third-order valence-corrected chi connectivity index (χ3v) is 4.68. The quantitative estimate of drug-likeness (QED) is 0.467. The van der Waals surface area contributed by atoms with Crippen molar-refractivity contribution in [1.82, 2.24) is 10.6 Å². The van der Waals surface area contributed by atoms with Crippen molar-refractivity contribution in [1.29, 1.82) is 0 Å². The van der Waals surface area contributed by atoms with Gasteiger partial charge in [0.1, 0.15) is 11.6 Å². The summed E-state index contributed by atoms with van der Waals surface area (Å²) in [6, 6.07) is -1.35. The zero-order valence-electron chi connectivity index (χ0n) is 21.3. The fourth-order valence-electron chi connectivity index (χ4n) is 2.61. The Morgan fingerprint density at radius 2 is 0.750 bits per heavy atom. The van der Waals surface area contributed by atoms with Gasteiger partial charge in [-0.05, 0) is 0 Å². The van der Waals surface area contributed by atoms with Crippen molar-refractivity contribution < 1.29 is 28.8 Å². The lowest BCUT2D eigenvalue weighted by Gasteiger charge is -2.18. The molecule has 0 fully saturated rings. The van der Waals surface area contributed by atoms with Crippen molar-refractivity contribution in [3.05, 3.63) is 0 Å². The highest BCUT2D eigenvalue weighted by atomic mass is 16.2. The van der Waals surface area contributed by atoms with Crippen molar-refractivity contribution in [3.63, 3.8) is 0 Å². The van der Waals surface area contributed by atoms with E-state index in [1.54, 1.807) is 55.4 Å². The molecule has 2 atom stereocenters. The Bertz CT molecular complexity index is 622. The summed E-state index contributed by atoms with van der Waals surface area (Å²) in [4.78, 5) is 68.6. The van der Waals surface area contributed by atoms with Gasteiger partial charge in [0, 0.05) is 50.4 Å².